The Morgan fingerprint density at radius 1 is 1.21 bits per heavy atom. The third-order valence-electron chi connectivity index (χ3n) is 7.86. The van der Waals surface area contributed by atoms with Crippen LogP contribution in [0.2, 0.25) is 5.02 Å². The number of fused-ring (bicyclic) bond motifs is 1. The van der Waals surface area contributed by atoms with Crippen LogP contribution in [0.25, 0.3) is 10.8 Å². The second-order valence-electron chi connectivity index (χ2n) is 9.87. The minimum atomic E-state index is -0.195. The highest BCUT2D eigenvalue weighted by atomic mass is 35.5. The lowest BCUT2D eigenvalue weighted by Crippen LogP contribution is -2.48. The van der Waals surface area contributed by atoms with Crippen molar-refractivity contribution in [1.29, 1.82) is 0 Å². The molecule has 1 aliphatic rings. The molecule has 1 saturated heterocycles. The monoisotopic (exact) mass is 478 g/mol. The maximum Gasteiger partial charge on any atom is 0.223 e. The highest BCUT2D eigenvalue weighted by Gasteiger charge is 2.41. The van der Waals surface area contributed by atoms with E-state index in [2.05, 4.69) is 50.1 Å². The number of carbonyl (C=O) groups excluding carboxylic acids is 1. The van der Waals surface area contributed by atoms with Crippen LogP contribution in [-0.2, 0) is 10.2 Å². The molecule has 3 atom stereocenters. The van der Waals surface area contributed by atoms with E-state index in [0.717, 1.165) is 41.5 Å². The number of benzene rings is 3. The Morgan fingerprint density at radius 3 is 2.59 bits per heavy atom. The molecule has 0 aromatic heterocycles. The van der Waals surface area contributed by atoms with E-state index in [1.165, 1.54) is 5.56 Å². The molecule has 1 amide bonds. The smallest absolute Gasteiger partial charge is 0.223 e. The third-order valence-corrected chi connectivity index (χ3v) is 8.07. The summed E-state index contributed by atoms with van der Waals surface area (Å²) in [6.07, 6.45) is 2.38. The lowest BCUT2D eigenvalue weighted by atomic mass is 9.68. The number of piperidine rings is 1. The van der Waals surface area contributed by atoms with Gasteiger partial charge < -0.3 is 14.5 Å². The van der Waals surface area contributed by atoms with Crippen LogP contribution in [0, 0.1) is 0 Å². The van der Waals surface area contributed by atoms with Crippen molar-refractivity contribution in [3.8, 4) is 5.75 Å². The zero-order chi connectivity index (χ0) is 24.5. The molecule has 3 aromatic carbocycles. The lowest BCUT2D eigenvalue weighted by molar-refractivity contribution is -0.133. The highest BCUT2D eigenvalue weighted by molar-refractivity contribution is 6.31. The molecule has 1 heterocycles. The van der Waals surface area contributed by atoms with Crippen molar-refractivity contribution < 1.29 is 9.53 Å². The molecule has 3 aromatic rings. The number of hydrogen-bond acceptors (Lipinski definition) is 3. The molecule has 0 bridgehead atoms. The van der Waals surface area contributed by atoms with Gasteiger partial charge >= 0.3 is 0 Å². The van der Waals surface area contributed by atoms with E-state index >= 15 is 0 Å². The fourth-order valence-electron chi connectivity index (χ4n) is 5.39. The van der Waals surface area contributed by atoms with Crippen molar-refractivity contribution in [3.05, 3.63) is 76.8 Å². The Labute approximate surface area is 208 Å². The topological polar surface area (TPSA) is 32.8 Å². The van der Waals surface area contributed by atoms with Gasteiger partial charge in [0.05, 0.1) is 13.2 Å². The first-order valence-corrected chi connectivity index (χ1v) is 12.4. The number of carbonyl (C=O) groups is 1. The van der Waals surface area contributed by atoms with Gasteiger partial charge in [0.15, 0.2) is 0 Å². The first-order valence-electron chi connectivity index (χ1n) is 12.0. The van der Waals surface area contributed by atoms with Gasteiger partial charge in [-0.25, -0.2) is 0 Å². The van der Waals surface area contributed by atoms with E-state index in [1.54, 1.807) is 7.11 Å². The van der Waals surface area contributed by atoms with Gasteiger partial charge in [-0.2, -0.15) is 0 Å². The first-order chi connectivity index (χ1) is 16.2. The van der Waals surface area contributed by atoms with Crippen molar-refractivity contribution in [2.45, 2.75) is 50.6 Å². The molecule has 5 heteroatoms. The van der Waals surface area contributed by atoms with Crippen molar-refractivity contribution in [2.24, 2.45) is 0 Å². The summed E-state index contributed by atoms with van der Waals surface area (Å²) in [7, 11) is 5.77. The van der Waals surface area contributed by atoms with Gasteiger partial charge in [0.2, 0.25) is 5.91 Å². The van der Waals surface area contributed by atoms with Crippen LogP contribution in [0.1, 0.15) is 50.3 Å². The van der Waals surface area contributed by atoms with Gasteiger partial charge in [-0.15, -0.1) is 0 Å². The van der Waals surface area contributed by atoms with Crippen molar-refractivity contribution in [3.63, 3.8) is 0 Å². The standard InChI is InChI=1S/C29H35ClN2O2/c1-20-18-29(14-15-31(20)3,23-10-12-25(34-5)13-11-23)19-28(33)32(4)21(2)27-17-24(30)16-22-8-6-7-9-26(22)27/h6-13,16-17,20-21H,14-15,18-19H2,1-5H3. The maximum atomic E-state index is 13.8. The Bertz CT molecular complexity index is 1160. The molecule has 180 valence electrons. The summed E-state index contributed by atoms with van der Waals surface area (Å²) >= 11 is 6.45. The number of halogens is 1. The van der Waals surface area contributed by atoms with Crippen LogP contribution >= 0.6 is 11.6 Å². The summed E-state index contributed by atoms with van der Waals surface area (Å²) in [5.74, 6) is 0.994. The normalized spacial score (nSPS) is 21.9. The predicted molar refractivity (Wildman–Crippen MR) is 141 cm³/mol. The number of nitrogens with zero attached hydrogens (tertiary/aromatic N) is 2. The van der Waals surface area contributed by atoms with Gasteiger partial charge in [0, 0.05) is 29.9 Å². The minimum absolute atomic E-state index is 0.0901. The van der Waals surface area contributed by atoms with Crippen LogP contribution in [0.5, 0.6) is 5.75 Å². The number of methoxy groups -OCH3 is 1. The van der Waals surface area contributed by atoms with E-state index in [0.29, 0.717) is 17.5 Å². The summed E-state index contributed by atoms with van der Waals surface area (Å²) in [4.78, 5) is 18.1. The molecule has 34 heavy (non-hydrogen) atoms. The molecule has 0 saturated carbocycles. The highest BCUT2D eigenvalue weighted by Crippen LogP contribution is 2.42. The predicted octanol–water partition coefficient (Wildman–Crippen LogP) is 6.46. The molecule has 4 rings (SSSR count). The molecule has 3 unspecified atom stereocenters. The molecule has 4 nitrogen and oxygen atoms in total. The van der Waals surface area contributed by atoms with Crippen LogP contribution in [0.15, 0.2) is 60.7 Å². The molecule has 0 radical (unpaired) electrons. The molecular weight excluding hydrogens is 444 g/mol. The van der Waals surface area contributed by atoms with Gasteiger partial charge in [-0.1, -0.05) is 48.0 Å². The molecule has 0 aliphatic carbocycles. The fraction of sp³-hybridized carbons (Fsp3) is 0.414. The van der Waals surface area contributed by atoms with Gasteiger partial charge in [-0.05, 0) is 86.4 Å². The van der Waals surface area contributed by atoms with E-state index < -0.39 is 0 Å². The Hall–Kier alpha value is -2.56. The summed E-state index contributed by atoms with van der Waals surface area (Å²) in [5, 5.41) is 2.92. The van der Waals surface area contributed by atoms with Crippen LogP contribution < -0.4 is 4.74 Å². The van der Waals surface area contributed by atoms with Crippen LogP contribution in [0.4, 0.5) is 0 Å². The number of likely N-dealkylation sites (tertiary alicyclic amines) is 1. The molecule has 1 aliphatic heterocycles. The third kappa shape index (κ3) is 4.80. The minimum Gasteiger partial charge on any atom is -0.497 e. The van der Waals surface area contributed by atoms with Crippen LogP contribution in [-0.4, -0.2) is 49.5 Å². The number of rotatable bonds is 6. The largest absolute Gasteiger partial charge is 0.497 e. The van der Waals surface area contributed by atoms with Crippen LogP contribution in [0.3, 0.4) is 0 Å². The summed E-state index contributed by atoms with van der Waals surface area (Å²) in [6, 6.07) is 20.8. The average Bonchev–Trinajstić information content (AvgIpc) is 2.85. The molecule has 1 fully saturated rings. The lowest BCUT2D eigenvalue weighted by Gasteiger charge is -2.45. The average molecular weight is 479 g/mol. The van der Waals surface area contributed by atoms with E-state index in [1.807, 2.05) is 48.3 Å². The molecular formula is C29H35ClN2O2. The van der Waals surface area contributed by atoms with Crippen molar-refractivity contribution in [1.82, 2.24) is 9.80 Å². The number of ether oxygens (including phenoxy) is 1. The Kier molecular flexibility index (Phi) is 7.20. The van der Waals surface area contributed by atoms with Gasteiger partial charge in [-0.3, -0.25) is 4.79 Å². The maximum absolute atomic E-state index is 13.8. The summed E-state index contributed by atoms with van der Waals surface area (Å²) < 4.78 is 5.38. The van der Waals surface area contributed by atoms with E-state index in [9.17, 15) is 4.79 Å². The van der Waals surface area contributed by atoms with Crippen molar-refractivity contribution in [2.75, 3.05) is 27.7 Å². The first kappa shape index (κ1) is 24.6. The second-order valence-corrected chi connectivity index (χ2v) is 10.3. The fourth-order valence-corrected chi connectivity index (χ4v) is 5.63. The Morgan fingerprint density at radius 2 is 1.91 bits per heavy atom. The second kappa shape index (κ2) is 9.97. The zero-order valence-corrected chi connectivity index (χ0v) is 21.6. The van der Waals surface area contributed by atoms with E-state index in [-0.39, 0.29) is 17.4 Å². The molecule has 0 spiro atoms. The quantitative estimate of drug-likeness (QED) is 0.407. The van der Waals surface area contributed by atoms with Gasteiger partial charge in [0.25, 0.3) is 0 Å². The number of hydrogen-bond donors (Lipinski definition) is 0. The zero-order valence-electron chi connectivity index (χ0n) is 20.8. The van der Waals surface area contributed by atoms with E-state index in [4.69, 9.17) is 16.3 Å². The van der Waals surface area contributed by atoms with Crippen molar-refractivity contribution >= 4 is 28.3 Å². The summed E-state index contributed by atoms with van der Waals surface area (Å²) in [5.41, 5.74) is 2.10. The molecule has 0 N–H and O–H groups in total. The van der Waals surface area contributed by atoms with Gasteiger partial charge in [0.1, 0.15) is 5.75 Å². The number of amides is 1. The Balaban J connectivity index is 1.64. The SMILES string of the molecule is COc1ccc(C2(CC(=O)N(C)C(C)c3cc(Cl)cc4ccccc34)CCN(C)C(C)C2)cc1. The summed E-state index contributed by atoms with van der Waals surface area (Å²) in [6.45, 7) is 5.32.